The van der Waals surface area contributed by atoms with Gasteiger partial charge < -0.3 is 9.72 Å². The number of aromatic amines is 1. The van der Waals surface area contributed by atoms with Crippen molar-refractivity contribution in [3.05, 3.63) is 63.7 Å². The van der Waals surface area contributed by atoms with Gasteiger partial charge in [-0.1, -0.05) is 39.7 Å². The number of H-pyrrole nitrogens is 1. The topological polar surface area (TPSA) is 66.5 Å². The van der Waals surface area contributed by atoms with Gasteiger partial charge in [-0.15, -0.1) is 0 Å². The maximum Gasteiger partial charge on any atom is 0.277 e. The van der Waals surface area contributed by atoms with Crippen molar-refractivity contribution in [2.24, 2.45) is 5.10 Å². The number of fused-ring (bicyclic) bond motifs is 1. The molecular formula is C17H13BrClN3O2. The van der Waals surface area contributed by atoms with E-state index in [1.54, 1.807) is 30.5 Å². The fraction of sp³-hybridized carbons (Fsp3) is 0.0588. The van der Waals surface area contributed by atoms with Crippen molar-refractivity contribution in [1.82, 2.24) is 10.4 Å². The Balaban J connectivity index is 1.58. The molecule has 2 N–H and O–H groups in total. The Kier molecular flexibility index (Phi) is 5.17. The van der Waals surface area contributed by atoms with Gasteiger partial charge in [0, 0.05) is 27.1 Å². The molecular weight excluding hydrogens is 394 g/mol. The van der Waals surface area contributed by atoms with Gasteiger partial charge in [-0.3, -0.25) is 4.79 Å². The van der Waals surface area contributed by atoms with Crippen LogP contribution >= 0.6 is 27.5 Å². The lowest BCUT2D eigenvalue weighted by atomic mass is 10.2. The van der Waals surface area contributed by atoms with Crippen molar-refractivity contribution in [2.75, 3.05) is 6.61 Å². The molecule has 1 aromatic heterocycles. The summed E-state index contributed by atoms with van der Waals surface area (Å²) < 4.78 is 6.32. The van der Waals surface area contributed by atoms with Crippen molar-refractivity contribution in [1.29, 1.82) is 0 Å². The lowest BCUT2D eigenvalue weighted by molar-refractivity contribution is -0.123. The second-order valence-electron chi connectivity index (χ2n) is 4.95. The Hall–Kier alpha value is -2.31. The Morgan fingerprint density at radius 3 is 3.00 bits per heavy atom. The van der Waals surface area contributed by atoms with E-state index in [0.29, 0.717) is 10.8 Å². The summed E-state index contributed by atoms with van der Waals surface area (Å²) in [5.74, 6) is 0.0898. The molecule has 0 saturated carbocycles. The molecule has 5 nitrogen and oxygen atoms in total. The molecule has 0 aliphatic carbocycles. The van der Waals surface area contributed by atoms with Gasteiger partial charge in [0.25, 0.3) is 5.91 Å². The summed E-state index contributed by atoms with van der Waals surface area (Å²) in [4.78, 5) is 14.9. The first-order valence-corrected chi connectivity index (χ1v) is 8.26. The van der Waals surface area contributed by atoms with Crippen LogP contribution in [0.1, 0.15) is 5.56 Å². The zero-order valence-corrected chi connectivity index (χ0v) is 14.8. The van der Waals surface area contributed by atoms with E-state index in [1.165, 1.54) is 0 Å². The van der Waals surface area contributed by atoms with E-state index in [0.717, 1.165) is 20.9 Å². The fourth-order valence-corrected chi connectivity index (χ4v) is 2.68. The number of halogens is 2. The van der Waals surface area contributed by atoms with Gasteiger partial charge in [-0.05, 0) is 30.3 Å². The fourth-order valence-electron chi connectivity index (χ4n) is 2.13. The minimum Gasteiger partial charge on any atom is -0.482 e. The van der Waals surface area contributed by atoms with Gasteiger partial charge in [-0.25, -0.2) is 5.43 Å². The molecule has 0 fully saturated rings. The zero-order chi connectivity index (χ0) is 16.9. The molecule has 0 atom stereocenters. The maximum absolute atomic E-state index is 11.8. The third-order valence-corrected chi connectivity index (χ3v) is 4.07. The van der Waals surface area contributed by atoms with Gasteiger partial charge in [0.15, 0.2) is 6.61 Å². The van der Waals surface area contributed by atoms with Crippen molar-refractivity contribution in [3.63, 3.8) is 0 Å². The third kappa shape index (κ3) is 3.96. The van der Waals surface area contributed by atoms with Crippen LogP contribution < -0.4 is 10.2 Å². The van der Waals surface area contributed by atoms with Gasteiger partial charge in [-0.2, -0.15) is 5.10 Å². The number of ether oxygens (including phenoxy) is 1. The first-order valence-electron chi connectivity index (χ1n) is 7.09. The summed E-state index contributed by atoms with van der Waals surface area (Å²) in [5, 5.41) is 5.42. The molecule has 0 radical (unpaired) electrons. The summed E-state index contributed by atoms with van der Waals surface area (Å²) in [7, 11) is 0. The van der Waals surface area contributed by atoms with Crippen LogP contribution in [0.4, 0.5) is 0 Å². The van der Waals surface area contributed by atoms with Crippen LogP contribution in [0.25, 0.3) is 10.9 Å². The Morgan fingerprint density at radius 1 is 1.33 bits per heavy atom. The minimum absolute atomic E-state index is 0.166. The minimum atomic E-state index is -0.368. The van der Waals surface area contributed by atoms with Crippen LogP contribution in [-0.4, -0.2) is 23.7 Å². The number of aromatic nitrogens is 1. The van der Waals surface area contributed by atoms with Gasteiger partial charge in [0.2, 0.25) is 0 Å². The van der Waals surface area contributed by atoms with Gasteiger partial charge >= 0.3 is 0 Å². The Morgan fingerprint density at radius 2 is 2.17 bits per heavy atom. The maximum atomic E-state index is 11.8. The Labute approximate surface area is 151 Å². The average molecular weight is 407 g/mol. The molecule has 2 aromatic carbocycles. The number of benzene rings is 2. The third-order valence-electron chi connectivity index (χ3n) is 3.26. The highest BCUT2D eigenvalue weighted by Crippen LogP contribution is 2.23. The molecule has 24 heavy (non-hydrogen) atoms. The molecule has 0 unspecified atom stereocenters. The van der Waals surface area contributed by atoms with Gasteiger partial charge in [0.1, 0.15) is 5.75 Å². The number of rotatable bonds is 5. The van der Waals surface area contributed by atoms with Crippen LogP contribution in [0.3, 0.4) is 0 Å². The molecule has 1 heterocycles. The first kappa shape index (κ1) is 16.5. The highest BCUT2D eigenvalue weighted by Gasteiger charge is 2.05. The SMILES string of the molecule is O=C(COc1ccccc1Cl)N/N=C/c1c[nH]c2ccc(Br)cc12. The molecule has 0 bridgehead atoms. The van der Waals surface area contributed by atoms with Crippen LogP contribution in [0.5, 0.6) is 5.75 Å². The average Bonchev–Trinajstić information content (AvgIpc) is 2.96. The van der Waals surface area contributed by atoms with E-state index in [1.807, 2.05) is 24.4 Å². The lowest BCUT2D eigenvalue weighted by Gasteiger charge is -2.06. The molecule has 3 rings (SSSR count). The van der Waals surface area contributed by atoms with Crippen molar-refractivity contribution < 1.29 is 9.53 Å². The molecule has 1 amide bonds. The van der Waals surface area contributed by atoms with E-state index in [-0.39, 0.29) is 12.5 Å². The number of hydrogen-bond donors (Lipinski definition) is 2. The number of carbonyl (C=O) groups is 1. The summed E-state index contributed by atoms with van der Waals surface area (Å²) in [5.41, 5.74) is 4.29. The second kappa shape index (κ2) is 7.51. The summed E-state index contributed by atoms with van der Waals surface area (Å²) >= 11 is 9.39. The molecule has 0 aliphatic rings. The van der Waals surface area contributed by atoms with Crippen molar-refractivity contribution in [2.45, 2.75) is 0 Å². The van der Waals surface area contributed by atoms with Crippen LogP contribution in [0.15, 0.2) is 58.2 Å². The smallest absolute Gasteiger partial charge is 0.277 e. The largest absolute Gasteiger partial charge is 0.482 e. The van der Waals surface area contributed by atoms with Crippen molar-refractivity contribution in [3.8, 4) is 5.75 Å². The molecule has 0 saturated heterocycles. The Bertz CT molecular complexity index is 908. The standard InChI is InChI=1S/C17H13BrClN3O2/c18-12-5-6-15-13(7-12)11(8-20-15)9-21-22-17(23)10-24-16-4-2-1-3-14(16)19/h1-9,20H,10H2,(H,22,23)/b21-9+. The highest BCUT2D eigenvalue weighted by atomic mass is 79.9. The molecule has 0 spiro atoms. The number of carbonyl (C=O) groups excluding carboxylic acids is 1. The second-order valence-corrected chi connectivity index (χ2v) is 6.27. The number of nitrogens with zero attached hydrogens (tertiary/aromatic N) is 1. The van der Waals surface area contributed by atoms with E-state index in [4.69, 9.17) is 16.3 Å². The lowest BCUT2D eigenvalue weighted by Crippen LogP contribution is -2.24. The summed E-state index contributed by atoms with van der Waals surface area (Å²) in [6.07, 6.45) is 3.41. The zero-order valence-electron chi connectivity index (χ0n) is 12.4. The molecule has 3 aromatic rings. The van der Waals surface area contributed by atoms with Gasteiger partial charge in [0.05, 0.1) is 11.2 Å². The number of amides is 1. The monoisotopic (exact) mass is 405 g/mol. The number of para-hydroxylation sites is 1. The number of nitrogens with one attached hydrogen (secondary N) is 2. The first-order chi connectivity index (χ1) is 11.6. The van der Waals surface area contributed by atoms with Crippen LogP contribution in [-0.2, 0) is 4.79 Å². The highest BCUT2D eigenvalue weighted by molar-refractivity contribution is 9.10. The predicted molar refractivity (Wildman–Crippen MR) is 98.7 cm³/mol. The number of hydrazone groups is 1. The molecule has 122 valence electrons. The van der Waals surface area contributed by atoms with Crippen LogP contribution in [0, 0.1) is 0 Å². The van der Waals surface area contributed by atoms with Crippen LogP contribution in [0.2, 0.25) is 5.02 Å². The van der Waals surface area contributed by atoms with E-state index in [9.17, 15) is 4.79 Å². The number of hydrogen-bond acceptors (Lipinski definition) is 3. The van der Waals surface area contributed by atoms with E-state index >= 15 is 0 Å². The molecule has 0 aliphatic heterocycles. The van der Waals surface area contributed by atoms with E-state index in [2.05, 4.69) is 31.4 Å². The quantitative estimate of drug-likeness (QED) is 0.494. The summed E-state index contributed by atoms with van der Waals surface area (Å²) in [6, 6.07) is 12.9. The van der Waals surface area contributed by atoms with E-state index < -0.39 is 0 Å². The predicted octanol–water partition coefficient (Wildman–Crippen LogP) is 4.11. The van der Waals surface area contributed by atoms with Crippen molar-refractivity contribution >= 4 is 50.6 Å². The summed E-state index contributed by atoms with van der Waals surface area (Å²) in [6.45, 7) is -0.166. The molecule has 7 heteroatoms. The normalized spacial score (nSPS) is 11.1.